The van der Waals surface area contributed by atoms with Crippen LogP contribution in [0.1, 0.15) is 16.7 Å². The number of benzene rings is 1. The summed E-state index contributed by atoms with van der Waals surface area (Å²) in [6.07, 6.45) is 3.19. The topological polar surface area (TPSA) is 113 Å². The lowest BCUT2D eigenvalue weighted by atomic mass is 10.1. The third-order valence-corrected chi connectivity index (χ3v) is 4.15. The number of methoxy groups -OCH3 is 1. The maximum Gasteiger partial charge on any atom is 0.281 e. The lowest BCUT2D eigenvalue weighted by Crippen LogP contribution is -2.22. The molecule has 0 aliphatic carbocycles. The van der Waals surface area contributed by atoms with E-state index in [4.69, 9.17) is 4.74 Å². The zero-order valence-electron chi connectivity index (χ0n) is 15.3. The van der Waals surface area contributed by atoms with E-state index in [2.05, 4.69) is 15.2 Å². The summed E-state index contributed by atoms with van der Waals surface area (Å²) < 4.78 is 6.23. The van der Waals surface area contributed by atoms with E-state index in [-0.39, 0.29) is 23.4 Å². The highest BCUT2D eigenvalue weighted by atomic mass is 16.5. The zero-order valence-corrected chi connectivity index (χ0v) is 15.3. The molecule has 3 rings (SSSR count). The Kier molecular flexibility index (Phi) is 5.46. The Bertz CT molecular complexity index is 1130. The molecule has 2 aromatic heterocycles. The first kappa shape index (κ1) is 18.8. The lowest BCUT2D eigenvalue weighted by Gasteiger charge is -2.12. The van der Waals surface area contributed by atoms with Crippen molar-refractivity contribution in [2.75, 3.05) is 7.11 Å². The van der Waals surface area contributed by atoms with Crippen LogP contribution in [-0.2, 0) is 6.54 Å². The number of azo groups is 1. The minimum Gasteiger partial charge on any atom is -0.497 e. The number of pyridine rings is 2. The fourth-order valence-electron chi connectivity index (χ4n) is 2.66. The van der Waals surface area contributed by atoms with Crippen LogP contribution in [0.15, 0.2) is 63.8 Å². The van der Waals surface area contributed by atoms with E-state index < -0.39 is 11.4 Å². The van der Waals surface area contributed by atoms with Crippen LogP contribution >= 0.6 is 0 Å². The molecular weight excluding hydrogens is 358 g/mol. The molecule has 2 heterocycles. The molecule has 1 aromatic carbocycles. The van der Waals surface area contributed by atoms with Crippen molar-refractivity contribution in [3.05, 3.63) is 75.8 Å². The minimum atomic E-state index is -0.551. The molecule has 3 aromatic rings. The normalized spacial score (nSPS) is 10.8. The molecule has 0 spiro atoms. The molecule has 0 aliphatic heterocycles. The number of nitrogens with zero attached hydrogens (tertiary/aromatic N) is 5. The van der Waals surface area contributed by atoms with Gasteiger partial charge in [-0.1, -0.05) is 12.1 Å². The number of nitriles is 1. The van der Waals surface area contributed by atoms with Crippen LogP contribution in [0.4, 0.5) is 11.4 Å². The van der Waals surface area contributed by atoms with E-state index in [1.807, 2.05) is 6.07 Å². The van der Waals surface area contributed by atoms with E-state index in [1.54, 1.807) is 55.7 Å². The largest absolute Gasteiger partial charge is 0.497 e. The number of ether oxygens (including phenoxy) is 1. The summed E-state index contributed by atoms with van der Waals surface area (Å²) in [5, 5.41) is 28.0. The van der Waals surface area contributed by atoms with Crippen LogP contribution in [-0.4, -0.2) is 21.8 Å². The second-order valence-electron chi connectivity index (χ2n) is 5.94. The average molecular weight is 375 g/mol. The Hall–Kier alpha value is -3.99. The quantitative estimate of drug-likeness (QED) is 0.685. The van der Waals surface area contributed by atoms with Gasteiger partial charge in [0.25, 0.3) is 5.56 Å². The first-order chi connectivity index (χ1) is 13.5. The monoisotopic (exact) mass is 375 g/mol. The summed E-state index contributed by atoms with van der Waals surface area (Å²) in [5.74, 6) is 0.194. The van der Waals surface area contributed by atoms with Gasteiger partial charge in [-0.15, -0.1) is 5.11 Å². The molecule has 0 fully saturated rings. The summed E-state index contributed by atoms with van der Waals surface area (Å²) in [7, 11) is 1.54. The SMILES string of the molecule is COc1cccc(N=Nc2c(C)c(C#N)c(O)n(Cc3cccnc3)c2=O)c1. The van der Waals surface area contributed by atoms with Crippen molar-refractivity contribution in [1.29, 1.82) is 5.26 Å². The molecule has 0 aliphatic rings. The molecule has 8 heteroatoms. The predicted molar refractivity (Wildman–Crippen MR) is 102 cm³/mol. The van der Waals surface area contributed by atoms with E-state index >= 15 is 0 Å². The summed E-state index contributed by atoms with van der Waals surface area (Å²) in [6, 6.07) is 12.3. The van der Waals surface area contributed by atoms with E-state index in [9.17, 15) is 15.2 Å². The van der Waals surface area contributed by atoms with Crippen molar-refractivity contribution in [1.82, 2.24) is 9.55 Å². The van der Waals surface area contributed by atoms with Gasteiger partial charge in [0.2, 0.25) is 5.88 Å². The highest BCUT2D eigenvalue weighted by Gasteiger charge is 2.19. The molecule has 28 heavy (non-hydrogen) atoms. The summed E-state index contributed by atoms with van der Waals surface area (Å²) in [6.45, 7) is 1.60. The Balaban J connectivity index is 2.10. The maximum absolute atomic E-state index is 12.9. The molecule has 140 valence electrons. The predicted octanol–water partition coefficient (Wildman–Crippen LogP) is 3.60. The van der Waals surface area contributed by atoms with Crippen LogP contribution in [0.3, 0.4) is 0 Å². The van der Waals surface area contributed by atoms with Gasteiger partial charge in [0.15, 0.2) is 5.69 Å². The molecule has 0 unspecified atom stereocenters. The highest BCUT2D eigenvalue weighted by Crippen LogP contribution is 2.28. The highest BCUT2D eigenvalue weighted by molar-refractivity contribution is 5.57. The van der Waals surface area contributed by atoms with Gasteiger partial charge in [0, 0.05) is 24.0 Å². The molecule has 8 nitrogen and oxygen atoms in total. The fourth-order valence-corrected chi connectivity index (χ4v) is 2.66. The van der Waals surface area contributed by atoms with Crippen LogP contribution in [0.5, 0.6) is 11.6 Å². The second kappa shape index (κ2) is 8.14. The van der Waals surface area contributed by atoms with Crippen LogP contribution in [0.25, 0.3) is 0 Å². The summed E-state index contributed by atoms with van der Waals surface area (Å²) >= 11 is 0. The lowest BCUT2D eigenvalue weighted by molar-refractivity contribution is 0.412. The molecule has 1 N–H and O–H groups in total. The van der Waals surface area contributed by atoms with Gasteiger partial charge in [-0.05, 0) is 30.7 Å². The van der Waals surface area contributed by atoms with Crippen molar-refractivity contribution < 1.29 is 9.84 Å². The molecule has 0 radical (unpaired) electrons. The second-order valence-corrected chi connectivity index (χ2v) is 5.94. The van der Waals surface area contributed by atoms with Crippen LogP contribution in [0.2, 0.25) is 0 Å². The molecule has 0 amide bonds. The number of rotatable bonds is 5. The summed E-state index contributed by atoms with van der Waals surface area (Å²) in [5.41, 5.74) is 0.861. The standard InChI is InChI=1S/C20H17N5O3/c1-13-17(10-21)19(26)25(12-14-5-4-8-22-11-14)20(27)18(13)24-23-15-6-3-7-16(9-15)28-2/h3-9,11,26H,12H2,1-2H3. The van der Waals surface area contributed by atoms with E-state index in [0.717, 1.165) is 4.57 Å². The van der Waals surface area contributed by atoms with Gasteiger partial charge < -0.3 is 9.84 Å². The van der Waals surface area contributed by atoms with E-state index in [0.29, 0.717) is 17.0 Å². The maximum atomic E-state index is 12.9. The average Bonchev–Trinajstić information content (AvgIpc) is 2.72. The first-order valence-electron chi connectivity index (χ1n) is 8.36. The Labute approximate surface area is 161 Å². The van der Waals surface area contributed by atoms with Crippen molar-refractivity contribution in [3.8, 4) is 17.7 Å². The van der Waals surface area contributed by atoms with Gasteiger partial charge in [0.1, 0.15) is 17.4 Å². The van der Waals surface area contributed by atoms with Crippen molar-refractivity contribution in [2.24, 2.45) is 10.2 Å². The number of aromatic hydroxyl groups is 1. The third-order valence-electron chi connectivity index (χ3n) is 4.15. The molecule has 0 atom stereocenters. The van der Waals surface area contributed by atoms with Gasteiger partial charge >= 0.3 is 0 Å². The van der Waals surface area contributed by atoms with Crippen molar-refractivity contribution in [3.63, 3.8) is 0 Å². The Morgan fingerprint density at radius 2 is 2.11 bits per heavy atom. The van der Waals surface area contributed by atoms with Crippen LogP contribution < -0.4 is 10.3 Å². The van der Waals surface area contributed by atoms with Gasteiger partial charge in [-0.2, -0.15) is 10.4 Å². The Morgan fingerprint density at radius 1 is 1.29 bits per heavy atom. The Morgan fingerprint density at radius 3 is 2.79 bits per heavy atom. The summed E-state index contributed by atoms with van der Waals surface area (Å²) in [4.78, 5) is 16.9. The van der Waals surface area contributed by atoms with Crippen LogP contribution in [0, 0.1) is 18.3 Å². The number of aromatic nitrogens is 2. The first-order valence-corrected chi connectivity index (χ1v) is 8.36. The number of hydrogen-bond donors (Lipinski definition) is 1. The fraction of sp³-hybridized carbons (Fsp3) is 0.150. The van der Waals surface area contributed by atoms with Gasteiger partial charge in [-0.25, -0.2) is 0 Å². The van der Waals surface area contributed by atoms with E-state index in [1.165, 1.54) is 7.11 Å². The number of hydrogen-bond acceptors (Lipinski definition) is 7. The van der Waals surface area contributed by atoms with Crippen molar-refractivity contribution >= 4 is 11.4 Å². The molecule has 0 saturated heterocycles. The smallest absolute Gasteiger partial charge is 0.281 e. The van der Waals surface area contributed by atoms with Gasteiger partial charge in [-0.3, -0.25) is 14.3 Å². The van der Waals surface area contributed by atoms with Crippen molar-refractivity contribution in [2.45, 2.75) is 13.5 Å². The molecule has 0 saturated carbocycles. The third kappa shape index (κ3) is 3.73. The molecule has 0 bridgehead atoms. The van der Waals surface area contributed by atoms with Gasteiger partial charge in [0.05, 0.1) is 19.3 Å². The zero-order chi connectivity index (χ0) is 20.1. The minimum absolute atomic E-state index is 0.0129. The molecular formula is C20H17N5O3.